The van der Waals surface area contributed by atoms with Crippen LogP contribution in [0.15, 0.2) is 36.5 Å². The number of rotatable bonds is 7. The van der Waals surface area contributed by atoms with Gasteiger partial charge in [-0.2, -0.15) is 18.2 Å². The molecule has 5 rings (SSSR count). The largest absolute Gasteiger partial charge is 0.495 e. The molecule has 0 aliphatic carbocycles. The number of amides is 2. The Kier molecular flexibility index (Phi) is 9.30. The smallest absolute Gasteiger partial charge is 0.423 e. The van der Waals surface area contributed by atoms with Crippen molar-refractivity contribution >= 4 is 35.9 Å². The minimum Gasteiger partial charge on any atom is -0.495 e. The molecule has 3 heterocycles. The highest BCUT2D eigenvalue weighted by atomic mass is 35.5. The van der Waals surface area contributed by atoms with E-state index in [1.54, 1.807) is 19.2 Å². The van der Waals surface area contributed by atoms with Crippen LogP contribution in [-0.2, 0) is 12.7 Å². The standard InChI is InChI=1S/C28H28F4N6O4.ClH/c1-37-9-7-16(8-10-37)34-24(39)17-11-22(41-3)20(12-19(17)29)35-27-33-13-18(28(30,31)32)25(36-27)42-21-6-4-5-15-14-38(2)26(40)23(15)21;/h4-6,11-13,16H,7-10,14H2,1-3H3,(H,34,39)(H,33,35,36);1H. The van der Waals surface area contributed by atoms with E-state index in [1.807, 2.05) is 7.05 Å². The molecule has 1 aromatic heterocycles. The van der Waals surface area contributed by atoms with Gasteiger partial charge in [-0.05, 0) is 50.7 Å². The lowest BCUT2D eigenvalue weighted by atomic mass is 10.0. The number of hydrogen-bond donors (Lipinski definition) is 2. The van der Waals surface area contributed by atoms with Gasteiger partial charge >= 0.3 is 6.18 Å². The lowest BCUT2D eigenvalue weighted by Gasteiger charge is -2.29. The third-order valence-corrected chi connectivity index (χ3v) is 7.18. The number of methoxy groups -OCH3 is 1. The van der Waals surface area contributed by atoms with E-state index in [9.17, 15) is 22.8 Å². The van der Waals surface area contributed by atoms with Gasteiger partial charge in [0.2, 0.25) is 11.8 Å². The number of anilines is 2. The van der Waals surface area contributed by atoms with Crippen molar-refractivity contribution in [3.63, 3.8) is 0 Å². The molecule has 0 saturated carbocycles. The number of piperidine rings is 1. The van der Waals surface area contributed by atoms with Crippen molar-refractivity contribution < 1.29 is 36.6 Å². The Morgan fingerprint density at radius 1 is 1.12 bits per heavy atom. The molecule has 0 radical (unpaired) electrons. The molecule has 0 atom stereocenters. The number of ether oxygens (including phenoxy) is 2. The molecule has 230 valence electrons. The van der Waals surface area contributed by atoms with Gasteiger partial charge in [-0.3, -0.25) is 9.59 Å². The number of carbonyl (C=O) groups is 2. The molecule has 0 unspecified atom stereocenters. The maximum absolute atomic E-state index is 15.1. The van der Waals surface area contributed by atoms with Crippen LogP contribution in [0.5, 0.6) is 17.4 Å². The molecule has 0 bridgehead atoms. The van der Waals surface area contributed by atoms with Crippen molar-refractivity contribution in [2.24, 2.45) is 0 Å². The number of halogens is 5. The Morgan fingerprint density at radius 3 is 2.51 bits per heavy atom. The SMILES string of the molecule is COc1cc(C(=O)NC2CCN(C)CC2)c(F)cc1Nc1ncc(C(F)(F)F)c(Oc2cccc3c2C(=O)N(C)C3)n1.Cl. The summed E-state index contributed by atoms with van der Waals surface area (Å²) >= 11 is 0. The highest BCUT2D eigenvalue weighted by molar-refractivity contribution is 6.01. The number of fused-ring (bicyclic) bond motifs is 1. The molecular weight excluding hydrogens is 596 g/mol. The van der Waals surface area contributed by atoms with Gasteiger partial charge in [-0.25, -0.2) is 9.37 Å². The maximum atomic E-state index is 15.1. The molecule has 1 saturated heterocycles. The zero-order valence-electron chi connectivity index (χ0n) is 23.4. The fourth-order valence-corrected chi connectivity index (χ4v) is 4.89. The average Bonchev–Trinajstić information content (AvgIpc) is 3.23. The number of aromatic nitrogens is 2. The number of hydrogen-bond acceptors (Lipinski definition) is 8. The fourth-order valence-electron chi connectivity index (χ4n) is 4.89. The monoisotopic (exact) mass is 624 g/mol. The molecule has 2 aliphatic heterocycles. The van der Waals surface area contributed by atoms with Gasteiger partial charge in [-0.1, -0.05) is 12.1 Å². The van der Waals surface area contributed by atoms with E-state index in [0.717, 1.165) is 32.0 Å². The van der Waals surface area contributed by atoms with Gasteiger partial charge in [0.05, 0.1) is 23.9 Å². The zero-order chi connectivity index (χ0) is 30.2. The Bertz CT molecular complexity index is 1530. The normalized spacial score (nSPS) is 15.5. The highest BCUT2D eigenvalue weighted by Crippen LogP contribution is 2.40. The lowest BCUT2D eigenvalue weighted by molar-refractivity contribution is -0.139. The molecule has 43 heavy (non-hydrogen) atoms. The van der Waals surface area contributed by atoms with E-state index >= 15 is 4.39 Å². The predicted octanol–water partition coefficient (Wildman–Crippen LogP) is 5.01. The molecule has 2 amide bonds. The first-order valence-electron chi connectivity index (χ1n) is 13.1. The van der Waals surface area contributed by atoms with E-state index in [1.165, 1.54) is 24.1 Å². The number of benzene rings is 2. The summed E-state index contributed by atoms with van der Waals surface area (Å²) in [5.41, 5.74) is -0.820. The summed E-state index contributed by atoms with van der Waals surface area (Å²) < 4.78 is 67.5. The Balaban J connectivity index is 0.00000423. The molecule has 15 heteroatoms. The van der Waals surface area contributed by atoms with Crippen LogP contribution < -0.4 is 20.1 Å². The molecular formula is C28H29ClF4N6O4. The second-order valence-electron chi connectivity index (χ2n) is 10.2. The minimum absolute atomic E-state index is 0. The van der Waals surface area contributed by atoms with Crippen molar-refractivity contribution in [3.05, 3.63) is 64.6 Å². The van der Waals surface area contributed by atoms with Crippen LogP contribution >= 0.6 is 12.4 Å². The molecule has 0 spiro atoms. The van der Waals surface area contributed by atoms with Crippen LogP contribution in [0, 0.1) is 5.82 Å². The number of nitrogens with zero attached hydrogens (tertiary/aromatic N) is 4. The second kappa shape index (κ2) is 12.6. The quantitative estimate of drug-likeness (QED) is 0.353. The number of nitrogens with one attached hydrogen (secondary N) is 2. The van der Waals surface area contributed by atoms with Crippen LogP contribution in [0.1, 0.15) is 44.7 Å². The minimum atomic E-state index is -4.88. The Morgan fingerprint density at radius 2 is 1.84 bits per heavy atom. The summed E-state index contributed by atoms with van der Waals surface area (Å²) in [5.74, 6) is -3.18. The molecule has 10 nitrogen and oxygen atoms in total. The van der Waals surface area contributed by atoms with Crippen molar-refractivity contribution in [3.8, 4) is 17.4 Å². The summed E-state index contributed by atoms with van der Waals surface area (Å²) in [7, 11) is 4.84. The van der Waals surface area contributed by atoms with Gasteiger partial charge in [0.1, 0.15) is 22.9 Å². The summed E-state index contributed by atoms with van der Waals surface area (Å²) in [5, 5.41) is 5.48. The maximum Gasteiger partial charge on any atom is 0.423 e. The van der Waals surface area contributed by atoms with Crippen molar-refractivity contribution in [1.29, 1.82) is 0 Å². The molecule has 3 aromatic rings. The van der Waals surface area contributed by atoms with E-state index < -0.39 is 35.3 Å². The van der Waals surface area contributed by atoms with E-state index in [2.05, 4.69) is 25.5 Å². The molecule has 2 aromatic carbocycles. The van der Waals surface area contributed by atoms with E-state index in [-0.39, 0.29) is 59.3 Å². The number of carbonyl (C=O) groups excluding carboxylic acids is 2. The third-order valence-electron chi connectivity index (χ3n) is 7.18. The molecule has 2 aliphatic rings. The van der Waals surface area contributed by atoms with Crippen LogP contribution in [0.2, 0.25) is 0 Å². The zero-order valence-corrected chi connectivity index (χ0v) is 24.2. The van der Waals surface area contributed by atoms with Gasteiger partial charge in [0.25, 0.3) is 11.8 Å². The Hall–Kier alpha value is -4.17. The average molecular weight is 625 g/mol. The first-order valence-corrected chi connectivity index (χ1v) is 13.1. The van der Waals surface area contributed by atoms with Gasteiger partial charge in [0, 0.05) is 31.9 Å². The summed E-state index contributed by atoms with van der Waals surface area (Å²) in [6.07, 6.45) is -2.90. The topological polar surface area (TPSA) is 109 Å². The first kappa shape index (κ1) is 31.8. The van der Waals surface area contributed by atoms with Crippen LogP contribution in [0.3, 0.4) is 0 Å². The number of likely N-dealkylation sites (tertiary alicyclic amines) is 1. The second-order valence-corrected chi connectivity index (χ2v) is 10.2. The molecule has 2 N–H and O–H groups in total. The van der Waals surface area contributed by atoms with Crippen LogP contribution in [0.25, 0.3) is 0 Å². The van der Waals surface area contributed by atoms with E-state index in [4.69, 9.17) is 9.47 Å². The summed E-state index contributed by atoms with van der Waals surface area (Å²) in [6.45, 7) is 1.89. The van der Waals surface area contributed by atoms with Crippen molar-refractivity contribution in [1.82, 2.24) is 25.1 Å². The fraction of sp³-hybridized carbons (Fsp3) is 0.357. The summed E-state index contributed by atoms with van der Waals surface area (Å²) in [4.78, 5) is 36.6. The third kappa shape index (κ3) is 6.75. The van der Waals surface area contributed by atoms with Crippen LogP contribution in [0.4, 0.5) is 29.2 Å². The van der Waals surface area contributed by atoms with Crippen molar-refractivity contribution in [2.75, 3.05) is 39.6 Å². The molecule has 1 fully saturated rings. The highest BCUT2D eigenvalue weighted by Gasteiger charge is 2.37. The Labute approximate surface area is 250 Å². The van der Waals surface area contributed by atoms with Gasteiger partial charge < -0.3 is 29.9 Å². The number of alkyl halides is 3. The van der Waals surface area contributed by atoms with Gasteiger partial charge in [0.15, 0.2) is 0 Å². The van der Waals surface area contributed by atoms with Gasteiger partial charge in [-0.15, -0.1) is 12.4 Å². The van der Waals surface area contributed by atoms with Crippen LogP contribution in [-0.4, -0.2) is 71.9 Å². The predicted molar refractivity (Wildman–Crippen MR) is 151 cm³/mol. The first-order chi connectivity index (χ1) is 19.9. The summed E-state index contributed by atoms with van der Waals surface area (Å²) in [6, 6.07) is 6.68. The van der Waals surface area contributed by atoms with Crippen molar-refractivity contribution in [2.45, 2.75) is 31.6 Å². The van der Waals surface area contributed by atoms with E-state index in [0.29, 0.717) is 11.8 Å². The lowest BCUT2D eigenvalue weighted by Crippen LogP contribution is -2.43.